The summed E-state index contributed by atoms with van der Waals surface area (Å²) >= 11 is 0. The zero-order valence-electron chi connectivity index (χ0n) is 19.1. The molecule has 2 aliphatic heterocycles. The van der Waals surface area contributed by atoms with Gasteiger partial charge in [-0.2, -0.15) is 19.6 Å². The third-order valence-electron chi connectivity index (χ3n) is 5.87. The number of nitrogens with one attached hydrogen (secondary N) is 2. The number of hydrogen-bond acceptors (Lipinski definition) is 9. The van der Waals surface area contributed by atoms with E-state index in [1.54, 1.807) is 17.8 Å². The molecule has 5 heterocycles. The zero-order chi connectivity index (χ0) is 23.5. The van der Waals surface area contributed by atoms with Crippen molar-refractivity contribution in [3.05, 3.63) is 54.0 Å². The molecule has 0 unspecified atom stereocenters. The number of rotatable bonds is 7. The van der Waals surface area contributed by atoms with Gasteiger partial charge in [-0.25, -0.2) is 4.98 Å². The maximum absolute atomic E-state index is 11.8. The van der Waals surface area contributed by atoms with Crippen LogP contribution >= 0.6 is 0 Å². The van der Waals surface area contributed by atoms with E-state index in [0.29, 0.717) is 42.8 Å². The number of pyridine rings is 1. The molecule has 5 rings (SSSR count). The summed E-state index contributed by atoms with van der Waals surface area (Å²) in [6.45, 7) is 8.23. The van der Waals surface area contributed by atoms with Gasteiger partial charge in [0.25, 0.3) is 0 Å². The number of ether oxygens (including phenoxy) is 1. The lowest BCUT2D eigenvalue weighted by Gasteiger charge is -2.35. The number of fused-ring (bicyclic) bond motifs is 1. The van der Waals surface area contributed by atoms with E-state index < -0.39 is 0 Å². The monoisotopic (exact) mass is 461 g/mol. The summed E-state index contributed by atoms with van der Waals surface area (Å²) in [6.07, 6.45) is 5.76. The van der Waals surface area contributed by atoms with Gasteiger partial charge in [0.15, 0.2) is 5.65 Å². The Labute approximate surface area is 197 Å². The van der Waals surface area contributed by atoms with Crippen molar-refractivity contribution in [3.8, 4) is 0 Å². The molecule has 11 nitrogen and oxygen atoms in total. The van der Waals surface area contributed by atoms with Crippen LogP contribution in [-0.4, -0.2) is 76.9 Å². The van der Waals surface area contributed by atoms with Gasteiger partial charge < -0.3 is 25.2 Å². The highest BCUT2D eigenvalue weighted by Crippen LogP contribution is 2.25. The van der Waals surface area contributed by atoms with Crippen molar-refractivity contribution in [2.24, 2.45) is 0 Å². The highest BCUT2D eigenvalue weighted by molar-refractivity contribution is 5.89. The number of carbonyl (C=O) groups is 1. The van der Waals surface area contributed by atoms with Crippen molar-refractivity contribution in [1.82, 2.24) is 29.9 Å². The Morgan fingerprint density at radius 2 is 2.03 bits per heavy atom. The zero-order valence-corrected chi connectivity index (χ0v) is 19.1. The lowest BCUT2D eigenvalue weighted by atomic mass is 10.1. The average molecular weight is 462 g/mol. The van der Waals surface area contributed by atoms with E-state index in [9.17, 15) is 4.79 Å². The normalized spacial score (nSPS) is 17.6. The number of hydrogen-bond donors (Lipinski definition) is 2. The molecular weight excluding hydrogens is 434 g/mol. The van der Waals surface area contributed by atoms with Crippen LogP contribution in [0.4, 0.5) is 17.7 Å². The molecule has 2 saturated heterocycles. The van der Waals surface area contributed by atoms with Crippen LogP contribution in [0.2, 0.25) is 0 Å². The van der Waals surface area contributed by atoms with E-state index in [-0.39, 0.29) is 5.91 Å². The predicted molar refractivity (Wildman–Crippen MR) is 130 cm³/mol. The minimum absolute atomic E-state index is 0.0595. The van der Waals surface area contributed by atoms with Gasteiger partial charge in [-0.15, -0.1) is 0 Å². The lowest BCUT2D eigenvalue weighted by molar-refractivity contribution is -0.118. The topological polar surface area (TPSA) is 113 Å². The van der Waals surface area contributed by atoms with Gasteiger partial charge in [-0.1, -0.05) is 12.6 Å². The third kappa shape index (κ3) is 4.42. The van der Waals surface area contributed by atoms with E-state index in [4.69, 9.17) is 14.7 Å². The van der Waals surface area contributed by atoms with E-state index in [2.05, 4.69) is 37.1 Å². The smallest absolute Gasteiger partial charge is 0.230 e. The van der Waals surface area contributed by atoms with E-state index in [1.165, 1.54) is 0 Å². The van der Waals surface area contributed by atoms with Gasteiger partial charge in [0, 0.05) is 57.3 Å². The van der Waals surface area contributed by atoms with Gasteiger partial charge in [0.1, 0.15) is 5.82 Å². The highest BCUT2D eigenvalue weighted by Gasteiger charge is 2.23. The molecule has 2 fully saturated rings. The molecule has 2 N–H and O–H groups in total. The van der Waals surface area contributed by atoms with Crippen molar-refractivity contribution in [3.63, 3.8) is 0 Å². The second kappa shape index (κ2) is 9.48. The van der Waals surface area contributed by atoms with Crippen molar-refractivity contribution >= 4 is 35.3 Å². The fraction of sp³-hybridized carbons (Fsp3) is 0.348. The molecule has 0 spiro atoms. The lowest BCUT2D eigenvalue weighted by Crippen LogP contribution is -2.47. The molecule has 0 bridgehead atoms. The first-order valence-electron chi connectivity index (χ1n) is 11.2. The molecule has 0 radical (unpaired) electrons. The summed E-state index contributed by atoms with van der Waals surface area (Å²) in [5, 5.41) is 10.5. The van der Waals surface area contributed by atoms with Gasteiger partial charge in [0.2, 0.25) is 17.8 Å². The van der Waals surface area contributed by atoms with E-state index in [1.807, 2.05) is 30.5 Å². The Balaban J connectivity index is 1.45. The van der Waals surface area contributed by atoms with Crippen molar-refractivity contribution < 1.29 is 9.53 Å². The molecule has 176 valence electrons. The van der Waals surface area contributed by atoms with Crippen LogP contribution in [0.5, 0.6) is 0 Å². The average Bonchev–Trinajstić information content (AvgIpc) is 3.41. The van der Waals surface area contributed by atoms with Crippen LogP contribution in [0.25, 0.3) is 11.7 Å². The summed E-state index contributed by atoms with van der Waals surface area (Å²) in [6, 6.07) is 5.95. The molecular formula is C23H27N9O2. The Morgan fingerprint density at radius 3 is 2.74 bits per heavy atom. The number of allylic oxidation sites excluding steroid dienone is 1. The number of amides is 1. The molecule has 34 heavy (non-hydrogen) atoms. The number of aromatic nitrogens is 5. The molecule has 3 aromatic rings. The second-order valence-corrected chi connectivity index (χ2v) is 8.14. The summed E-state index contributed by atoms with van der Waals surface area (Å²) in [4.78, 5) is 30.3. The molecule has 0 aromatic carbocycles. The van der Waals surface area contributed by atoms with Crippen molar-refractivity contribution in [2.45, 2.75) is 6.42 Å². The number of piperazine rings is 1. The first-order chi connectivity index (χ1) is 16.6. The van der Waals surface area contributed by atoms with Crippen LogP contribution in [0.1, 0.15) is 12.0 Å². The number of methoxy groups -OCH3 is 1. The van der Waals surface area contributed by atoms with E-state index in [0.717, 1.165) is 43.1 Å². The maximum Gasteiger partial charge on any atom is 0.230 e. The SMILES string of the molecule is C=C1NC(=O)C/C1=C\c1cnn2c(NCCOC)nc(N3CCN(c4ccccn4)CC3)nc12. The second-order valence-electron chi connectivity index (χ2n) is 8.14. The number of anilines is 3. The van der Waals surface area contributed by atoms with Gasteiger partial charge in [0.05, 0.1) is 19.2 Å². The molecule has 11 heteroatoms. The van der Waals surface area contributed by atoms with Gasteiger partial charge >= 0.3 is 0 Å². The Bertz CT molecular complexity index is 1230. The number of carbonyl (C=O) groups excluding carboxylic acids is 1. The Kier molecular flexibility index (Phi) is 6.09. The van der Waals surface area contributed by atoms with Crippen molar-refractivity contribution in [2.75, 3.05) is 61.6 Å². The van der Waals surface area contributed by atoms with Gasteiger partial charge in [-0.3, -0.25) is 4.79 Å². The highest BCUT2D eigenvalue weighted by atomic mass is 16.5. The maximum atomic E-state index is 11.8. The molecule has 3 aromatic heterocycles. The van der Waals surface area contributed by atoms with Gasteiger partial charge in [-0.05, 0) is 23.8 Å². The summed E-state index contributed by atoms with van der Waals surface area (Å²) < 4.78 is 6.86. The van der Waals surface area contributed by atoms with Crippen molar-refractivity contribution in [1.29, 1.82) is 0 Å². The standard InChI is InChI=1S/C23H27N9O2/c1-16-17(14-20(33)27-16)13-18-15-26-32-21(18)28-23(29-22(32)25-7-12-34-2)31-10-8-30(9-11-31)19-5-3-4-6-24-19/h3-6,13,15H,1,7-12,14H2,2H3,(H,27,33)(H,25,28,29)/b17-13+. The molecule has 1 amide bonds. The predicted octanol–water partition coefficient (Wildman–Crippen LogP) is 1.32. The minimum Gasteiger partial charge on any atom is -0.383 e. The first-order valence-corrected chi connectivity index (χ1v) is 11.2. The molecule has 0 aliphatic carbocycles. The van der Waals surface area contributed by atoms with Crippen LogP contribution in [0.3, 0.4) is 0 Å². The van der Waals surface area contributed by atoms with E-state index >= 15 is 0 Å². The third-order valence-corrected chi connectivity index (χ3v) is 5.87. The number of nitrogens with zero attached hydrogens (tertiary/aromatic N) is 7. The fourth-order valence-electron chi connectivity index (χ4n) is 4.08. The van der Waals surface area contributed by atoms with Crippen LogP contribution < -0.4 is 20.4 Å². The minimum atomic E-state index is -0.0595. The molecule has 0 saturated carbocycles. The Hall–Kier alpha value is -3.99. The van der Waals surface area contributed by atoms with Crippen LogP contribution in [0.15, 0.2) is 48.4 Å². The quantitative estimate of drug-likeness (QED) is 0.503. The Morgan fingerprint density at radius 1 is 1.21 bits per heavy atom. The van der Waals surface area contributed by atoms with Crippen LogP contribution in [0, 0.1) is 0 Å². The van der Waals surface area contributed by atoms with Crippen LogP contribution in [-0.2, 0) is 9.53 Å². The molecule has 2 aliphatic rings. The first kappa shape index (κ1) is 21.8. The largest absolute Gasteiger partial charge is 0.383 e. The summed E-state index contributed by atoms with van der Waals surface area (Å²) in [7, 11) is 1.66. The summed E-state index contributed by atoms with van der Waals surface area (Å²) in [5.41, 5.74) is 2.91. The summed E-state index contributed by atoms with van der Waals surface area (Å²) in [5.74, 6) is 2.14. The molecule has 0 atom stereocenters. The fourth-order valence-corrected chi connectivity index (χ4v) is 4.08.